The van der Waals surface area contributed by atoms with Crippen molar-refractivity contribution in [3.63, 3.8) is 0 Å². The van der Waals surface area contributed by atoms with Gasteiger partial charge in [-0.1, -0.05) is 6.08 Å². The zero-order valence-corrected chi connectivity index (χ0v) is 11.9. The quantitative estimate of drug-likeness (QED) is 0.150. The summed E-state index contributed by atoms with van der Waals surface area (Å²) in [5, 5.41) is 28.4. The van der Waals surface area contributed by atoms with E-state index in [1.165, 1.54) is 6.07 Å². The third-order valence-electron chi connectivity index (χ3n) is 3.84. The number of carbonyl (C=O) groups is 2. The molecular formula is C13H18N5O3+. The summed E-state index contributed by atoms with van der Waals surface area (Å²) in [7, 11) is 0. The van der Waals surface area contributed by atoms with Crippen molar-refractivity contribution < 1.29 is 19.2 Å². The molecule has 1 saturated heterocycles. The second-order valence-corrected chi connectivity index (χ2v) is 5.25. The van der Waals surface area contributed by atoms with Crippen LogP contribution >= 0.6 is 0 Å². The molecule has 0 aromatic heterocycles. The van der Waals surface area contributed by atoms with E-state index in [-0.39, 0.29) is 0 Å². The van der Waals surface area contributed by atoms with Gasteiger partial charge in [0, 0.05) is 0 Å². The van der Waals surface area contributed by atoms with Gasteiger partial charge in [-0.25, -0.2) is 15.0 Å². The van der Waals surface area contributed by atoms with Gasteiger partial charge in [0.2, 0.25) is 0 Å². The molecule has 0 aliphatic carbocycles. The highest BCUT2D eigenvalue weighted by Crippen LogP contribution is 2.37. The van der Waals surface area contributed by atoms with Gasteiger partial charge in [-0.2, -0.15) is 5.26 Å². The lowest BCUT2D eigenvalue weighted by atomic mass is 9.90. The molecule has 1 aliphatic heterocycles. The number of nitrogens with one attached hydrogen (secondary N) is 2. The number of urea groups is 1. The van der Waals surface area contributed by atoms with E-state index in [1.807, 2.05) is 0 Å². The second kappa shape index (κ2) is 5.38. The molecule has 0 saturated carbocycles. The molecule has 1 aliphatic rings. The largest absolute Gasteiger partial charge is 0.477 e. The number of nitrogens with zero attached hydrogens (tertiary/aromatic N) is 2. The van der Waals surface area contributed by atoms with Crippen LogP contribution in [0.5, 0.6) is 0 Å². The summed E-state index contributed by atoms with van der Waals surface area (Å²) in [4.78, 5) is 23.4. The summed E-state index contributed by atoms with van der Waals surface area (Å²) in [5.41, 5.74) is 3.99. The minimum absolute atomic E-state index is 0.392. The van der Waals surface area contributed by atoms with Crippen molar-refractivity contribution in [2.24, 2.45) is 5.73 Å². The van der Waals surface area contributed by atoms with E-state index in [9.17, 15) is 9.59 Å². The van der Waals surface area contributed by atoms with Crippen LogP contribution in [0.2, 0.25) is 0 Å². The van der Waals surface area contributed by atoms with Crippen molar-refractivity contribution in [2.45, 2.75) is 31.8 Å². The highest BCUT2D eigenvalue weighted by molar-refractivity contribution is 5.93. The van der Waals surface area contributed by atoms with E-state index in [2.05, 4.69) is 11.9 Å². The maximum absolute atomic E-state index is 12.4. The number of carboxylic acid groups (broad SMARTS) is 1. The van der Waals surface area contributed by atoms with Crippen molar-refractivity contribution in [2.75, 3.05) is 0 Å². The summed E-state index contributed by atoms with van der Waals surface area (Å²) < 4.78 is -0.860. The van der Waals surface area contributed by atoms with Gasteiger partial charge in [0.15, 0.2) is 5.57 Å². The monoisotopic (exact) mass is 292 g/mol. The van der Waals surface area contributed by atoms with E-state index in [4.69, 9.17) is 21.5 Å². The highest BCUT2D eigenvalue weighted by atomic mass is 16.4. The Morgan fingerprint density at radius 1 is 1.71 bits per heavy atom. The van der Waals surface area contributed by atoms with Crippen molar-refractivity contribution in [3.05, 3.63) is 24.4 Å². The molecule has 2 unspecified atom stereocenters. The lowest BCUT2D eigenvalue weighted by Gasteiger charge is -2.37. The summed E-state index contributed by atoms with van der Waals surface area (Å²) in [5.74, 6) is -2.04. The number of guanidine groups is 1. The fraction of sp³-hybridized carbons (Fsp3) is 0.385. The normalized spacial score (nSPS) is 27.6. The Morgan fingerprint density at radius 2 is 2.29 bits per heavy atom. The summed E-state index contributed by atoms with van der Waals surface area (Å²) >= 11 is 0. The zero-order chi connectivity index (χ0) is 16.4. The topological polar surface area (TPSA) is 140 Å². The van der Waals surface area contributed by atoms with Crippen molar-refractivity contribution in [3.8, 4) is 6.07 Å². The van der Waals surface area contributed by atoms with Gasteiger partial charge in [-0.05, 0) is 20.3 Å². The summed E-state index contributed by atoms with van der Waals surface area (Å²) in [6.07, 6.45) is 2.96. The molecule has 5 N–H and O–H groups in total. The third kappa shape index (κ3) is 2.28. The molecule has 2 atom stereocenters. The number of nitrogens with two attached hydrogens (primary N) is 1. The van der Waals surface area contributed by atoms with Gasteiger partial charge < -0.3 is 10.8 Å². The highest BCUT2D eigenvalue weighted by Gasteiger charge is 2.63. The van der Waals surface area contributed by atoms with Crippen LogP contribution in [0.15, 0.2) is 24.4 Å². The molecule has 1 rings (SSSR count). The summed E-state index contributed by atoms with van der Waals surface area (Å²) in [6.45, 7) is 6.96. The van der Waals surface area contributed by atoms with Gasteiger partial charge in [0.1, 0.15) is 17.8 Å². The first-order chi connectivity index (χ1) is 9.65. The fourth-order valence-electron chi connectivity index (χ4n) is 2.49. The maximum Gasteiger partial charge on any atom is 0.429 e. The fourth-order valence-corrected chi connectivity index (χ4v) is 2.49. The van der Waals surface area contributed by atoms with E-state index >= 15 is 0 Å². The smallest absolute Gasteiger partial charge is 0.429 e. The van der Waals surface area contributed by atoms with E-state index < -0.39 is 39.6 Å². The first kappa shape index (κ1) is 16.4. The number of carboxylic acids is 1. The number of carbonyl (C=O) groups excluding carboxylic acids is 1. The predicted octanol–water partition coefficient (Wildman–Crippen LogP) is 0.635. The summed E-state index contributed by atoms with van der Waals surface area (Å²) in [6, 6.07) is 0.469. The van der Waals surface area contributed by atoms with Crippen LogP contribution in [0, 0.1) is 16.7 Å². The number of hydrogen-bond acceptors (Lipinski definition) is 4. The van der Waals surface area contributed by atoms with E-state index in [0.717, 1.165) is 6.20 Å². The third-order valence-corrected chi connectivity index (χ3v) is 3.84. The molecule has 0 bridgehead atoms. The Bertz CT molecular complexity index is 587. The Morgan fingerprint density at radius 3 is 2.67 bits per heavy atom. The lowest BCUT2D eigenvalue weighted by molar-refractivity contribution is -0.753. The first-order valence-electron chi connectivity index (χ1n) is 6.16. The first-order valence-corrected chi connectivity index (χ1v) is 6.16. The van der Waals surface area contributed by atoms with Crippen LogP contribution in [-0.4, -0.2) is 39.1 Å². The molecule has 1 heterocycles. The average molecular weight is 292 g/mol. The standard InChI is InChI=1S/C13H17N5O3/c1-4-5-9-13(2,3)18(11(15)16,12(21)17-9)7-8(6-14)10(19)20/h4,7,9H,1,5H2,2-3H3,(H4-,15,16,17,19,20,21)/p+1. The number of quaternary nitrogens is 1. The SMILES string of the molecule is C=CCC1NC(=O)[N+](C=C(C#N)C(=O)O)(C(=N)N)C1(C)C. The lowest BCUT2D eigenvalue weighted by Crippen LogP contribution is -2.64. The van der Waals surface area contributed by atoms with Gasteiger partial charge in [0.05, 0.1) is 6.04 Å². The minimum atomic E-state index is -1.48. The molecular weight excluding hydrogens is 274 g/mol. The molecule has 0 radical (unpaired) electrons. The molecule has 8 heteroatoms. The number of nitriles is 1. The Balaban J connectivity index is 3.58. The van der Waals surface area contributed by atoms with Crippen LogP contribution in [0.4, 0.5) is 4.79 Å². The molecule has 112 valence electrons. The number of aliphatic carboxylic acids is 1. The minimum Gasteiger partial charge on any atom is -0.477 e. The van der Waals surface area contributed by atoms with Crippen molar-refractivity contribution >= 4 is 18.0 Å². The average Bonchev–Trinajstić information content (AvgIpc) is 2.55. The predicted molar refractivity (Wildman–Crippen MR) is 74.7 cm³/mol. The molecule has 2 amide bonds. The van der Waals surface area contributed by atoms with Crippen molar-refractivity contribution in [1.29, 1.82) is 10.7 Å². The second-order valence-electron chi connectivity index (χ2n) is 5.25. The number of rotatable bonds is 4. The molecule has 1 fully saturated rings. The molecule has 21 heavy (non-hydrogen) atoms. The van der Waals surface area contributed by atoms with Crippen LogP contribution < -0.4 is 11.1 Å². The molecule has 0 aromatic rings. The Hall–Kier alpha value is -2.66. The Kier molecular flexibility index (Phi) is 4.20. The van der Waals surface area contributed by atoms with Crippen molar-refractivity contribution in [1.82, 2.24) is 5.32 Å². The van der Waals surface area contributed by atoms with Crippen LogP contribution in [0.1, 0.15) is 20.3 Å². The van der Waals surface area contributed by atoms with Gasteiger partial charge in [-0.15, -0.1) is 11.1 Å². The van der Waals surface area contributed by atoms with Crippen LogP contribution in [0.25, 0.3) is 0 Å². The van der Waals surface area contributed by atoms with Crippen LogP contribution in [0.3, 0.4) is 0 Å². The zero-order valence-electron chi connectivity index (χ0n) is 11.9. The number of amides is 2. The van der Waals surface area contributed by atoms with Gasteiger partial charge in [-0.3, -0.25) is 5.32 Å². The van der Waals surface area contributed by atoms with Gasteiger partial charge >= 0.3 is 18.0 Å². The Labute approximate surface area is 122 Å². The molecule has 0 aromatic carbocycles. The molecule has 0 spiro atoms. The number of hydrogen-bond donors (Lipinski definition) is 4. The van der Waals surface area contributed by atoms with E-state index in [1.54, 1.807) is 19.9 Å². The molecule has 8 nitrogen and oxygen atoms in total. The van der Waals surface area contributed by atoms with Gasteiger partial charge in [0.25, 0.3) is 0 Å². The van der Waals surface area contributed by atoms with E-state index in [0.29, 0.717) is 6.42 Å². The maximum atomic E-state index is 12.4. The van der Waals surface area contributed by atoms with Crippen LogP contribution in [-0.2, 0) is 4.79 Å².